The van der Waals surface area contributed by atoms with Crippen molar-refractivity contribution >= 4 is 17.6 Å². The van der Waals surface area contributed by atoms with Crippen molar-refractivity contribution < 1.29 is 14.0 Å². The molecule has 2 aliphatic rings. The number of aromatic nitrogens is 1. The number of likely N-dealkylation sites (tertiary alicyclic amines) is 1. The predicted molar refractivity (Wildman–Crippen MR) is 110 cm³/mol. The second-order valence-corrected chi connectivity index (χ2v) is 8.13. The van der Waals surface area contributed by atoms with Crippen LogP contribution in [0.15, 0.2) is 36.5 Å². The molecule has 2 aromatic rings. The van der Waals surface area contributed by atoms with E-state index in [1.165, 1.54) is 12.1 Å². The molecular formula is C23H26FN3O2. The summed E-state index contributed by atoms with van der Waals surface area (Å²) in [5, 5.41) is 2.90. The minimum absolute atomic E-state index is 0.0157. The highest BCUT2D eigenvalue weighted by Crippen LogP contribution is 2.31. The molecule has 1 aliphatic heterocycles. The van der Waals surface area contributed by atoms with Crippen LogP contribution in [-0.4, -0.2) is 34.3 Å². The first-order chi connectivity index (χ1) is 14.0. The van der Waals surface area contributed by atoms with Crippen molar-refractivity contribution in [3.63, 3.8) is 0 Å². The average Bonchev–Trinajstić information content (AvgIpc) is 3.14. The molecule has 5 nitrogen and oxygen atoms in total. The maximum absolute atomic E-state index is 13.6. The van der Waals surface area contributed by atoms with E-state index in [1.807, 2.05) is 24.0 Å². The summed E-state index contributed by atoms with van der Waals surface area (Å²) in [4.78, 5) is 30.9. The van der Waals surface area contributed by atoms with Crippen molar-refractivity contribution in [1.29, 1.82) is 0 Å². The Morgan fingerprint density at radius 3 is 2.55 bits per heavy atom. The molecule has 0 bridgehead atoms. The van der Waals surface area contributed by atoms with E-state index in [-0.39, 0.29) is 23.5 Å². The zero-order valence-corrected chi connectivity index (χ0v) is 16.7. The van der Waals surface area contributed by atoms with Crippen LogP contribution in [0.3, 0.4) is 0 Å². The third kappa shape index (κ3) is 4.47. The van der Waals surface area contributed by atoms with Crippen LogP contribution in [0.5, 0.6) is 0 Å². The Labute approximate surface area is 170 Å². The van der Waals surface area contributed by atoms with Gasteiger partial charge in [0, 0.05) is 36.7 Å². The molecule has 29 heavy (non-hydrogen) atoms. The smallest absolute Gasteiger partial charge is 0.228 e. The largest absolute Gasteiger partial charge is 0.340 e. The zero-order chi connectivity index (χ0) is 20.4. The Morgan fingerprint density at radius 1 is 1.14 bits per heavy atom. The van der Waals surface area contributed by atoms with Gasteiger partial charge in [0.2, 0.25) is 11.8 Å². The number of hydrogen-bond donors (Lipinski definition) is 1. The maximum atomic E-state index is 13.6. The summed E-state index contributed by atoms with van der Waals surface area (Å²) in [5.74, 6) is 0.428. The Hall–Kier alpha value is -2.76. The highest BCUT2D eigenvalue weighted by Gasteiger charge is 2.33. The molecule has 1 saturated heterocycles. The molecule has 152 valence electrons. The fourth-order valence-corrected chi connectivity index (χ4v) is 4.47. The number of carbonyl (C=O) groups excluding carboxylic acids is 2. The second kappa shape index (κ2) is 8.31. The van der Waals surface area contributed by atoms with Gasteiger partial charge < -0.3 is 10.2 Å². The molecule has 2 fully saturated rings. The van der Waals surface area contributed by atoms with Gasteiger partial charge in [-0.25, -0.2) is 9.37 Å². The lowest BCUT2D eigenvalue weighted by atomic mass is 9.85. The monoisotopic (exact) mass is 395 g/mol. The summed E-state index contributed by atoms with van der Waals surface area (Å²) in [7, 11) is 0. The van der Waals surface area contributed by atoms with E-state index in [2.05, 4.69) is 10.3 Å². The van der Waals surface area contributed by atoms with E-state index in [0.29, 0.717) is 18.3 Å². The summed E-state index contributed by atoms with van der Waals surface area (Å²) < 4.78 is 13.6. The molecule has 0 atom stereocenters. The third-order valence-corrected chi connectivity index (χ3v) is 6.01. The lowest BCUT2D eigenvalue weighted by molar-refractivity contribution is -0.130. The third-order valence-electron chi connectivity index (χ3n) is 6.01. The van der Waals surface area contributed by atoms with E-state index in [4.69, 9.17) is 0 Å². The lowest BCUT2D eigenvalue weighted by Gasteiger charge is -2.34. The normalized spacial score (nSPS) is 22.0. The van der Waals surface area contributed by atoms with Crippen LogP contribution >= 0.6 is 0 Å². The summed E-state index contributed by atoms with van der Waals surface area (Å²) in [6.07, 6.45) is 6.62. The van der Waals surface area contributed by atoms with Crippen LogP contribution in [0.1, 0.15) is 44.1 Å². The van der Waals surface area contributed by atoms with Crippen LogP contribution in [0.25, 0.3) is 11.1 Å². The number of pyridine rings is 1. The van der Waals surface area contributed by atoms with Gasteiger partial charge in [0.15, 0.2) is 0 Å². The molecule has 0 unspecified atom stereocenters. The Morgan fingerprint density at radius 2 is 1.93 bits per heavy atom. The fraction of sp³-hybridized carbons (Fsp3) is 0.435. The van der Waals surface area contributed by atoms with E-state index in [9.17, 15) is 14.0 Å². The first-order valence-corrected chi connectivity index (χ1v) is 10.3. The van der Waals surface area contributed by atoms with Gasteiger partial charge in [-0.1, -0.05) is 6.07 Å². The zero-order valence-electron chi connectivity index (χ0n) is 16.7. The van der Waals surface area contributed by atoms with Crippen molar-refractivity contribution in [2.45, 2.75) is 51.5 Å². The lowest BCUT2D eigenvalue weighted by Crippen LogP contribution is -2.40. The number of nitrogens with one attached hydrogen (secondary N) is 1. The number of rotatable bonds is 4. The van der Waals surface area contributed by atoms with Gasteiger partial charge in [0.25, 0.3) is 0 Å². The standard InChI is InChI=1S/C23H26FN3O2/c1-15-11-18(13-19(24)12-15)17-6-9-21(25-14-17)26-23(29)16-4-7-20(8-5-16)27-10-2-3-22(27)28/h6,9,11-14,16,20H,2-5,7-8,10H2,1H3,(H,25,26,29). The summed E-state index contributed by atoms with van der Waals surface area (Å²) in [6.45, 7) is 2.71. The summed E-state index contributed by atoms with van der Waals surface area (Å²) >= 11 is 0. The molecule has 1 aliphatic carbocycles. The minimum atomic E-state index is -0.274. The van der Waals surface area contributed by atoms with Crippen molar-refractivity contribution in [2.24, 2.45) is 5.92 Å². The Balaban J connectivity index is 1.33. The van der Waals surface area contributed by atoms with Crippen molar-refractivity contribution in [2.75, 3.05) is 11.9 Å². The van der Waals surface area contributed by atoms with Gasteiger partial charge in [-0.15, -0.1) is 0 Å². The number of amides is 2. The highest BCUT2D eigenvalue weighted by atomic mass is 19.1. The molecule has 6 heteroatoms. The van der Waals surface area contributed by atoms with E-state index >= 15 is 0 Å². The Kier molecular flexibility index (Phi) is 5.60. The molecule has 0 spiro atoms. The Bertz CT molecular complexity index is 885. The number of halogens is 1. The SMILES string of the molecule is Cc1cc(F)cc(-c2ccc(NC(=O)C3CCC(N4CCCC4=O)CC3)nc2)c1. The number of benzene rings is 1. The number of anilines is 1. The van der Waals surface area contributed by atoms with Gasteiger partial charge in [0.05, 0.1) is 0 Å². The van der Waals surface area contributed by atoms with Crippen LogP contribution in [0.4, 0.5) is 10.2 Å². The first-order valence-electron chi connectivity index (χ1n) is 10.3. The maximum Gasteiger partial charge on any atom is 0.228 e. The molecule has 1 aromatic heterocycles. The minimum Gasteiger partial charge on any atom is -0.340 e. The number of nitrogens with zero attached hydrogens (tertiary/aromatic N) is 2. The number of aryl methyl sites for hydroxylation is 1. The van der Waals surface area contributed by atoms with E-state index < -0.39 is 0 Å². The molecule has 1 saturated carbocycles. The van der Waals surface area contributed by atoms with Crippen LogP contribution in [-0.2, 0) is 9.59 Å². The van der Waals surface area contributed by atoms with Gasteiger partial charge in [0.1, 0.15) is 11.6 Å². The van der Waals surface area contributed by atoms with Crippen molar-refractivity contribution in [3.05, 3.63) is 47.9 Å². The second-order valence-electron chi connectivity index (χ2n) is 8.13. The average molecular weight is 395 g/mol. The molecule has 2 heterocycles. The molecule has 1 aromatic carbocycles. The van der Waals surface area contributed by atoms with Crippen LogP contribution < -0.4 is 5.32 Å². The summed E-state index contributed by atoms with van der Waals surface area (Å²) in [6, 6.07) is 8.75. The van der Waals surface area contributed by atoms with Gasteiger partial charge >= 0.3 is 0 Å². The molecule has 2 amide bonds. The molecule has 4 rings (SSSR count). The molecule has 0 radical (unpaired) electrons. The van der Waals surface area contributed by atoms with Crippen molar-refractivity contribution in [1.82, 2.24) is 9.88 Å². The predicted octanol–water partition coefficient (Wildman–Crippen LogP) is 4.32. The molecular weight excluding hydrogens is 369 g/mol. The number of carbonyl (C=O) groups is 2. The van der Waals surface area contributed by atoms with E-state index in [0.717, 1.165) is 55.3 Å². The highest BCUT2D eigenvalue weighted by molar-refractivity contribution is 5.92. The summed E-state index contributed by atoms with van der Waals surface area (Å²) in [5.41, 5.74) is 2.42. The van der Waals surface area contributed by atoms with Gasteiger partial charge in [-0.05, 0) is 74.4 Å². The van der Waals surface area contributed by atoms with Crippen molar-refractivity contribution in [3.8, 4) is 11.1 Å². The number of hydrogen-bond acceptors (Lipinski definition) is 3. The quantitative estimate of drug-likeness (QED) is 0.839. The fourth-order valence-electron chi connectivity index (χ4n) is 4.47. The van der Waals surface area contributed by atoms with Gasteiger partial charge in [-0.3, -0.25) is 9.59 Å². The topological polar surface area (TPSA) is 62.3 Å². The first kappa shape index (κ1) is 19.6. The molecule has 1 N–H and O–H groups in total. The van der Waals surface area contributed by atoms with E-state index in [1.54, 1.807) is 12.3 Å². The van der Waals surface area contributed by atoms with Crippen LogP contribution in [0, 0.1) is 18.7 Å². The van der Waals surface area contributed by atoms with Crippen LogP contribution in [0.2, 0.25) is 0 Å². The van der Waals surface area contributed by atoms with Gasteiger partial charge in [-0.2, -0.15) is 0 Å².